The normalized spacial score (nSPS) is 11.0. The molecule has 0 aliphatic carbocycles. The number of esters is 2. The van der Waals surface area contributed by atoms with Crippen molar-refractivity contribution in [3.05, 3.63) is 22.1 Å². The molecule has 0 bridgehead atoms. The van der Waals surface area contributed by atoms with Crippen molar-refractivity contribution in [2.75, 3.05) is 13.2 Å². The molecule has 0 radical (unpaired) electrons. The van der Waals surface area contributed by atoms with E-state index in [4.69, 9.17) is 9.47 Å². The Morgan fingerprint density at radius 2 is 1.32 bits per heavy atom. The predicted octanol–water partition coefficient (Wildman–Crippen LogP) is 3.26. The molecule has 0 unspecified atom stereocenters. The lowest BCUT2D eigenvalue weighted by atomic mass is 10.3. The largest absolute Gasteiger partial charge is 0.461 e. The van der Waals surface area contributed by atoms with Crippen LogP contribution in [0.4, 0.5) is 0 Å². The second-order valence-corrected chi connectivity index (χ2v) is 6.33. The minimum atomic E-state index is -0.424. The number of fused-ring (bicyclic) bond motifs is 2. The van der Waals surface area contributed by atoms with Crippen LogP contribution >= 0.6 is 22.7 Å². The van der Waals surface area contributed by atoms with Crippen molar-refractivity contribution in [2.45, 2.75) is 13.8 Å². The van der Waals surface area contributed by atoms with E-state index in [1.54, 1.807) is 13.8 Å². The van der Waals surface area contributed by atoms with Gasteiger partial charge in [0.2, 0.25) is 10.0 Å². The van der Waals surface area contributed by atoms with Gasteiger partial charge in [0.05, 0.1) is 33.6 Å². The molecular weight excluding hydrogens is 324 g/mol. The third-order valence-corrected chi connectivity index (χ3v) is 4.79. The van der Waals surface area contributed by atoms with E-state index in [-0.39, 0.29) is 0 Å². The molecule has 0 saturated heterocycles. The third kappa shape index (κ3) is 2.67. The second kappa shape index (κ2) is 5.98. The Morgan fingerprint density at radius 3 is 1.68 bits per heavy atom. The van der Waals surface area contributed by atoms with Gasteiger partial charge >= 0.3 is 11.9 Å². The molecule has 0 N–H and O–H groups in total. The molecule has 0 atom stereocenters. The highest BCUT2D eigenvalue weighted by molar-refractivity contribution is 7.21. The van der Waals surface area contributed by atoms with Gasteiger partial charge in [-0.25, -0.2) is 19.6 Å². The quantitative estimate of drug-likeness (QED) is 0.681. The van der Waals surface area contributed by atoms with E-state index in [0.29, 0.717) is 34.3 Å². The van der Waals surface area contributed by atoms with Crippen LogP contribution in [0.15, 0.2) is 12.1 Å². The van der Waals surface area contributed by atoms with E-state index in [1.807, 2.05) is 12.1 Å². The fourth-order valence-corrected chi connectivity index (χ4v) is 3.66. The maximum Gasteiger partial charge on any atom is 0.367 e. The first-order valence-electron chi connectivity index (χ1n) is 6.67. The zero-order valence-electron chi connectivity index (χ0n) is 11.9. The van der Waals surface area contributed by atoms with Crippen LogP contribution in [-0.2, 0) is 9.47 Å². The van der Waals surface area contributed by atoms with E-state index in [2.05, 4.69) is 9.97 Å². The van der Waals surface area contributed by atoms with Crippen molar-refractivity contribution in [1.82, 2.24) is 9.97 Å². The van der Waals surface area contributed by atoms with Gasteiger partial charge in [0.15, 0.2) is 0 Å². The van der Waals surface area contributed by atoms with Crippen molar-refractivity contribution in [3.63, 3.8) is 0 Å². The van der Waals surface area contributed by atoms with Crippen molar-refractivity contribution >= 4 is 55.0 Å². The molecule has 0 fully saturated rings. The Balaban J connectivity index is 2.02. The van der Waals surface area contributed by atoms with Gasteiger partial charge in [-0.2, -0.15) is 0 Å². The summed E-state index contributed by atoms with van der Waals surface area (Å²) in [7, 11) is 0. The van der Waals surface area contributed by atoms with Crippen LogP contribution in [0.3, 0.4) is 0 Å². The number of hydrogen-bond acceptors (Lipinski definition) is 8. The fraction of sp³-hybridized carbons (Fsp3) is 0.286. The first-order valence-corrected chi connectivity index (χ1v) is 8.31. The van der Waals surface area contributed by atoms with Gasteiger partial charge in [0.1, 0.15) is 0 Å². The monoisotopic (exact) mass is 336 g/mol. The van der Waals surface area contributed by atoms with E-state index in [1.165, 1.54) is 22.7 Å². The summed E-state index contributed by atoms with van der Waals surface area (Å²) in [5.74, 6) is -0.848. The van der Waals surface area contributed by atoms with Crippen LogP contribution < -0.4 is 0 Å². The van der Waals surface area contributed by atoms with Gasteiger partial charge in [0.25, 0.3) is 0 Å². The number of thiazole rings is 2. The molecule has 2 heterocycles. The van der Waals surface area contributed by atoms with Crippen molar-refractivity contribution < 1.29 is 19.1 Å². The molecule has 3 rings (SSSR count). The summed E-state index contributed by atoms with van der Waals surface area (Å²) < 4.78 is 11.6. The number of hydrogen-bond donors (Lipinski definition) is 0. The number of rotatable bonds is 4. The number of ether oxygens (including phenoxy) is 2. The van der Waals surface area contributed by atoms with Crippen molar-refractivity contribution in [2.24, 2.45) is 0 Å². The molecule has 0 amide bonds. The Morgan fingerprint density at radius 1 is 0.909 bits per heavy atom. The van der Waals surface area contributed by atoms with Crippen molar-refractivity contribution in [3.8, 4) is 0 Å². The summed E-state index contributed by atoms with van der Waals surface area (Å²) in [4.78, 5) is 32.0. The van der Waals surface area contributed by atoms with Gasteiger partial charge in [0, 0.05) is 0 Å². The lowest BCUT2D eigenvalue weighted by Crippen LogP contribution is -2.03. The first kappa shape index (κ1) is 14.9. The molecule has 6 nitrogen and oxygen atoms in total. The summed E-state index contributed by atoms with van der Waals surface area (Å²) in [5.41, 5.74) is 1.39. The number of aromatic nitrogens is 2. The number of nitrogens with zero attached hydrogens (tertiary/aromatic N) is 2. The standard InChI is InChI=1S/C14H12N2O4S2/c1-3-19-13(17)11-15-7-5-10-8(6-9(7)21-11)16-12(22-10)14(18)20-4-2/h5-6H,3-4H2,1-2H3. The highest BCUT2D eigenvalue weighted by atomic mass is 32.1. The van der Waals surface area contributed by atoms with Gasteiger partial charge in [-0.1, -0.05) is 0 Å². The fourth-order valence-electron chi connectivity index (χ4n) is 1.91. The van der Waals surface area contributed by atoms with E-state index >= 15 is 0 Å². The van der Waals surface area contributed by atoms with E-state index in [9.17, 15) is 9.59 Å². The van der Waals surface area contributed by atoms with Gasteiger partial charge in [-0.15, -0.1) is 22.7 Å². The maximum atomic E-state index is 11.7. The highest BCUT2D eigenvalue weighted by Crippen LogP contribution is 2.31. The summed E-state index contributed by atoms with van der Waals surface area (Å²) in [6, 6.07) is 3.65. The van der Waals surface area contributed by atoms with Gasteiger partial charge < -0.3 is 9.47 Å². The van der Waals surface area contributed by atoms with Gasteiger partial charge in [-0.05, 0) is 26.0 Å². The lowest BCUT2D eigenvalue weighted by molar-refractivity contribution is 0.0516. The minimum absolute atomic E-state index is 0.314. The van der Waals surface area contributed by atoms with E-state index in [0.717, 1.165) is 9.40 Å². The smallest absolute Gasteiger partial charge is 0.367 e. The van der Waals surface area contributed by atoms with Gasteiger partial charge in [-0.3, -0.25) is 0 Å². The zero-order valence-corrected chi connectivity index (χ0v) is 13.5. The number of carbonyl (C=O) groups excluding carboxylic acids is 2. The summed E-state index contributed by atoms with van der Waals surface area (Å²) >= 11 is 2.50. The average molecular weight is 336 g/mol. The van der Waals surface area contributed by atoms with Crippen LogP contribution in [0.5, 0.6) is 0 Å². The number of carbonyl (C=O) groups is 2. The number of benzene rings is 1. The summed E-state index contributed by atoms with van der Waals surface area (Å²) in [6.07, 6.45) is 0. The van der Waals surface area contributed by atoms with E-state index < -0.39 is 11.9 Å². The van der Waals surface area contributed by atoms with Crippen LogP contribution in [0.1, 0.15) is 33.5 Å². The Bertz CT molecular complexity index is 750. The Hall–Kier alpha value is -2.06. The van der Waals surface area contributed by atoms with Crippen LogP contribution in [-0.4, -0.2) is 35.1 Å². The molecule has 2 aromatic heterocycles. The first-order chi connectivity index (χ1) is 10.6. The van der Waals surface area contributed by atoms with Crippen LogP contribution in [0, 0.1) is 0 Å². The molecule has 0 saturated carbocycles. The van der Waals surface area contributed by atoms with Crippen LogP contribution in [0.25, 0.3) is 20.4 Å². The molecule has 0 aliphatic rings. The molecule has 0 aliphatic heterocycles. The topological polar surface area (TPSA) is 78.4 Å². The molecule has 3 aromatic rings. The second-order valence-electron chi connectivity index (χ2n) is 4.27. The summed E-state index contributed by atoms with van der Waals surface area (Å²) in [5, 5.41) is 0.639. The molecule has 1 aromatic carbocycles. The zero-order chi connectivity index (χ0) is 15.7. The SMILES string of the molecule is CCOC(=O)c1nc2cc3sc(C(=O)OCC)nc3cc2s1. The summed E-state index contributed by atoms with van der Waals surface area (Å²) in [6.45, 7) is 4.13. The lowest BCUT2D eigenvalue weighted by Gasteiger charge is -1.95. The molecular formula is C14H12N2O4S2. The molecule has 114 valence electrons. The molecule has 8 heteroatoms. The Labute approximate surface area is 133 Å². The Kier molecular flexibility index (Phi) is 4.04. The highest BCUT2D eigenvalue weighted by Gasteiger charge is 2.17. The maximum absolute atomic E-state index is 11.7. The average Bonchev–Trinajstić information content (AvgIpc) is 3.07. The van der Waals surface area contributed by atoms with Crippen LogP contribution in [0.2, 0.25) is 0 Å². The minimum Gasteiger partial charge on any atom is -0.461 e. The molecule has 0 spiro atoms. The molecule has 22 heavy (non-hydrogen) atoms. The predicted molar refractivity (Wildman–Crippen MR) is 84.7 cm³/mol. The third-order valence-electron chi connectivity index (χ3n) is 2.80. The van der Waals surface area contributed by atoms with Crippen molar-refractivity contribution in [1.29, 1.82) is 0 Å².